The van der Waals surface area contributed by atoms with Crippen LogP contribution in [0.1, 0.15) is 0 Å². The molecule has 0 radical (unpaired) electrons. The van der Waals surface area contributed by atoms with Gasteiger partial charge in [-0.2, -0.15) is 0 Å². The van der Waals surface area contributed by atoms with E-state index < -0.39 is 0 Å². The first kappa shape index (κ1) is 9.28. The molecule has 0 aliphatic carbocycles. The van der Waals surface area contributed by atoms with Crippen molar-refractivity contribution in [1.29, 1.82) is 0 Å². The highest BCUT2D eigenvalue weighted by Crippen LogP contribution is 2.36. The second-order valence-corrected chi connectivity index (χ2v) is 4.79. The summed E-state index contributed by atoms with van der Waals surface area (Å²) >= 11 is 0. The molecule has 5 aromatic rings. The smallest absolute Gasteiger partial charge is 0.146 e. The molecule has 19 heavy (non-hydrogen) atoms. The summed E-state index contributed by atoms with van der Waals surface area (Å²) in [6.45, 7) is 0. The van der Waals surface area contributed by atoms with E-state index in [9.17, 15) is 0 Å². The first-order valence-electron chi connectivity index (χ1n) is 6.29. The van der Waals surface area contributed by atoms with Crippen LogP contribution in [0.4, 0.5) is 0 Å². The van der Waals surface area contributed by atoms with Crippen LogP contribution in [0, 0.1) is 0 Å². The average molecular weight is 243 g/mol. The van der Waals surface area contributed by atoms with Gasteiger partial charge in [0.15, 0.2) is 0 Å². The molecule has 0 aliphatic rings. The Bertz CT molecular complexity index is 979. The number of nitrogens with zero attached hydrogens (tertiary/aromatic N) is 3. The average Bonchev–Trinajstić information content (AvgIpc) is 2.99. The van der Waals surface area contributed by atoms with Gasteiger partial charge in [-0.15, -0.1) is 0 Å². The minimum atomic E-state index is 0.988. The van der Waals surface area contributed by atoms with Crippen molar-refractivity contribution >= 4 is 38.4 Å². The van der Waals surface area contributed by atoms with Gasteiger partial charge in [-0.1, -0.05) is 18.2 Å². The van der Waals surface area contributed by atoms with Gasteiger partial charge in [0, 0.05) is 33.9 Å². The van der Waals surface area contributed by atoms with Crippen LogP contribution in [0.5, 0.6) is 0 Å². The molecule has 0 aliphatic heterocycles. The van der Waals surface area contributed by atoms with Gasteiger partial charge >= 0.3 is 0 Å². The molecule has 0 unspecified atom stereocenters. The van der Waals surface area contributed by atoms with Crippen LogP contribution >= 0.6 is 0 Å². The zero-order valence-electron chi connectivity index (χ0n) is 10.0. The maximum atomic E-state index is 4.54. The minimum absolute atomic E-state index is 0.988. The van der Waals surface area contributed by atoms with Crippen molar-refractivity contribution in [1.82, 2.24) is 14.4 Å². The number of rotatable bonds is 0. The molecule has 5 rings (SSSR count). The summed E-state index contributed by atoms with van der Waals surface area (Å²) in [7, 11) is 0. The predicted molar refractivity (Wildman–Crippen MR) is 76.7 cm³/mol. The molecule has 0 saturated carbocycles. The molecule has 4 aromatic heterocycles. The van der Waals surface area contributed by atoms with E-state index in [1.54, 1.807) is 0 Å². The number of hydrogen-bond acceptors (Lipinski definition) is 2. The van der Waals surface area contributed by atoms with Crippen LogP contribution in [-0.4, -0.2) is 14.4 Å². The third kappa shape index (κ3) is 0.956. The summed E-state index contributed by atoms with van der Waals surface area (Å²) < 4.78 is 2.18. The number of pyridine rings is 2. The number of para-hydroxylation sites is 1. The summed E-state index contributed by atoms with van der Waals surface area (Å²) in [5.74, 6) is 0. The van der Waals surface area contributed by atoms with Crippen molar-refractivity contribution < 1.29 is 0 Å². The maximum absolute atomic E-state index is 4.54. The highest BCUT2D eigenvalue weighted by atomic mass is 15.0. The molecule has 0 bridgehead atoms. The second kappa shape index (κ2) is 3.01. The third-order valence-corrected chi connectivity index (χ3v) is 3.84. The SMILES string of the molecule is c1cnc2c(c1)c1cccc3c4cccnc4n2c13. The highest BCUT2D eigenvalue weighted by Gasteiger charge is 2.17. The molecule has 0 atom stereocenters. The molecule has 0 amide bonds. The van der Waals surface area contributed by atoms with Gasteiger partial charge in [0.05, 0.1) is 5.52 Å². The van der Waals surface area contributed by atoms with Crippen molar-refractivity contribution in [2.75, 3.05) is 0 Å². The summed E-state index contributed by atoms with van der Waals surface area (Å²) in [6, 6.07) is 14.6. The Morgan fingerprint density at radius 3 is 1.74 bits per heavy atom. The Morgan fingerprint density at radius 1 is 0.632 bits per heavy atom. The van der Waals surface area contributed by atoms with Crippen LogP contribution in [0.15, 0.2) is 54.9 Å². The topological polar surface area (TPSA) is 30.2 Å². The number of fused-ring (bicyclic) bond motifs is 6. The van der Waals surface area contributed by atoms with Crippen LogP contribution in [0.3, 0.4) is 0 Å². The quantitative estimate of drug-likeness (QED) is 0.416. The molecule has 3 heteroatoms. The molecule has 0 fully saturated rings. The van der Waals surface area contributed by atoms with Gasteiger partial charge in [-0.05, 0) is 24.3 Å². The zero-order valence-corrected chi connectivity index (χ0v) is 10.0. The van der Waals surface area contributed by atoms with Gasteiger partial charge in [0.1, 0.15) is 11.3 Å². The van der Waals surface area contributed by atoms with Crippen molar-refractivity contribution in [2.45, 2.75) is 0 Å². The summed E-state index contributed by atoms with van der Waals surface area (Å²) in [6.07, 6.45) is 3.68. The Balaban J connectivity index is 2.32. The summed E-state index contributed by atoms with van der Waals surface area (Å²) in [5.41, 5.74) is 3.20. The molecule has 4 heterocycles. The summed E-state index contributed by atoms with van der Waals surface area (Å²) in [4.78, 5) is 9.09. The van der Waals surface area contributed by atoms with Gasteiger partial charge in [-0.3, -0.25) is 4.40 Å². The number of benzene rings is 1. The van der Waals surface area contributed by atoms with E-state index in [2.05, 4.69) is 44.7 Å². The van der Waals surface area contributed by atoms with Crippen molar-refractivity contribution in [3.63, 3.8) is 0 Å². The Kier molecular flexibility index (Phi) is 1.47. The molecule has 0 saturated heterocycles. The van der Waals surface area contributed by atoms with Crippen molar-refractivity contribution in [3.05, 3.63) is 54.9 Å². The molecule has 0 spiro atoms. The lowest BCUT2D eigenvalue weighted by Crippen LogP contribution is -1.85. The summed E-state index contributed by atoms with van der Waals surface area (Å²) in [5, 5.41) is 4.88. The van der Waals surface area contributed by atoms with Gasteiger partial charge < -0.3 is 0 Å². The van der Waals surface area contributed by atoms with E-state index in [1.807, 2.05) is 24.5 Å². The van der Waals surface area contributed by atoms with Gasteiger partial charge in [0.25, 0.3) is 0 Å². The zero-order chi connectivity index (χ0) is 12.4. The van der Waals surface area contributed by atoms with E-state index in [0.717, 1.165) is 11.3 Å². The maximum Gasteiger partial charge on any atom is 0.146 e. The van der Waals surface area contributed by atoms with Gasteiger partial charge in [-0.25, -0.2) is 9.97 Å². The molecule has 3 nitrogen and oxygen atoms in total. The number of aromatic nitrogens is 3. The first-order chi connectivity index (χ1) is 9.45. The van der Waals surface area contributed by atoms with E-state index >= 15 is 0 Å². The first-order valence-corrected chi connectivity index (χ1v) is 6.29. The lowest BCUT2D eigenvalue weighted by molar-refractivity contribution is 1.22. The van der Waals surface area contributed by atoms with Crippen LogP contribution in [0.25, 0.3) is 38.4 Å². The Labute approximate surface area is 108 Å². The molecular weight excluding hydrogens is 234 g/mol. The molecule has 88 valence electrons. The van der Waals surface area contributed by atoms with E-state index in [1.165, 1.54) is 27.1 Å². The molecular formula is C16H9N3. The third-order valence-electron chi connectivity index (χ3n) is 3.84. The van der Waals surface area contributed by atoms with E-state index in [4.69, 9.17) is 0 Å². The lowest BCUT2D eigenvalue weighted by atomic mass is 10.1. The minimum Gasteiger partial charge on any atom is -0.277 e. The lowest BCUT2D eigenvalue weighted by Gasteiger charge is -1.94. The van der Waals surface area contributed by atoms with Crippen molar-refractivity contribution in [2.24, 2.45) is 0 Å². The van der Waals surface area contributed by atoms with E-state index in [0.29, 0.717) is 0 Å². The van der Waals surface area contributed by atoms with Crippen molar-refractivity contribution in [3.8, 4) is 0 Å². The van der Waals surface area contributed by atoms with Crippen LogP contribution in [-0.2, 0) is 0 Å². The highest BCUT2D eigenvalue weighted by molar-refractivity contribution is 6.21. The van der Waals surface area contributed by atoms with Gasteiger partial charge in [0.2, 0.25) is 0 Å². The predicted octanol–water partition coefficient (Wildman–Crippen LogP) is 3.63. The number of hydrogen-bond donors (Lipinski definition) is 0. The largest absolute Gasteiger partial charge is 0.277 e. The standard InChI is InChI=1S/C16H9N3/c1-4-10-12-6-2-8-17-15(12)19-14(10)11(5-1)13-7-3-9-18-16(13)19/h1-9H. The molecule has 0 N–H and O–H groups in total. The second-order valence-electron chi connectivity index (χ2n) is 4.79. The Hall–Kier alpha value is -2.68. The Morgan fingerprint density at radius 2 is 1.16 bits per heavy atom. The van der Waals surface area contributed by atoms with E-state index in [-0.39, 0.29) is 0 Å². The van der Waals surface area contributed by atoms with Crippen LogP contribution in [0.2, 0.25) is 0 Å². The normalized spacial score (nSPS) is 12.2. The van der Waals surface area contributed by atoms with Crippen LogP contribution < -0.4 is 0 Å². The fourth-order valence-electron chi connectivity index (χ4n) is 3.10. The fraction of sp³-hybridized carbons (Fsp3) is 0. The fourth-order valence-corrected chi connectivity index (χ4v) is 3.10. The monoisotopic (exact) mass is 243 g/mol. The molecule has 1 aromatic carbocycles.